The fraction of sp³-hybridized carbons (Fsp3) is 0.333. The highest BCUT2D eigenvalue weighted by Crippen LogP contribution is 2.25. The summed E-state index contributed by atoms with van der Waals surface area (Å²) in [6.07, 6.45) is -0.395. The minimum absolute atomic E-state index is 0.0359. The average molecular weight is 338 g/mol. The van der Waals surface area contributed by atoms with Crippen LogP contribution in [0.3, 0.4) is 0 Å². The van der Waals surface area contributed by atoms with Gasteiger partial charge in [0, 0.05) is 24.5 Å². The number of rotatable bonds is 2. The highest BCUT2D eigenvalue weighted by molar-refractivity contribution is 6.06. The molecule has 7 nitrogen and oxygen atoms in total. The second kappa shape index (κ2) is 6.25. The molecule has 4 rings (SSSR count). The van der Waals surface area contributed by atoms with Crippen molar-refractivity contribution in [1.82, 2.24) is 20.1 Å². The molecule has 1 saturated heterocycles. The summed E-state index contributed by atoms with van der Waals surface area (Å²) in [6.45, 7) is 4.97. The topological polar surface area (TPSA) is 81.4 Å². The molecule has 1 aliphatic heterocycles. The molecule has 3 heterocycles. The molecule has 25 heavy (non-hydrogen) atoms. The van der Waals surface area contributed by atoms with E-state index in [1.165, 1.54) is 0 Å². The number of carbonyl (C=O) groups excluding carboxylic acids is 1. The zero-order chi connectivity index (χ0) is 17.4. The maximum Gasteiger partial charge on any atom is 0.254 e. The Morgan fingerprint density at radius 1 is 1.24 bits per heavy atom. The molecule has 1 aliphatic rings. The van der Waals surface area contributed by atoms with Crippen molar-refractivity contribution in [3.63, 3.8) is 0 Å². The molecule has 1 fully saturated rings. The highest BCUT2D eigenvalue weighted by Gasteiger charge is 2.30. The largest absolute Gasteiger partial charge is 0.423 e. The number of nitrogens with zero attached hydrogens (tertiary/aromatic N) is 4. The van der Waals surface area contributed by atoms with Gasteiger partial charge in [-0.15, -0.1) is 10.2 Å². The van der Waals surface area contributed by atoms with Crippen LogP contribution in [0.4, 0.5) is 0 Å². The van der Waals surface area contributed by atoms with Gasteiger partial charge in [-0.1, -0.05) is 18.2 Å². The second-order valence-electron chi connectivity index (χ2n) is 6.10. The van der Waals surface area contributed by atoms with Crippen LogP contribution in [0.15, 0.2) is 34.7 Å². The minimum atomic E-state index is -0.395. The van der Waals surface area contributed by atoms with Crippen LogP contribution >= 0.6 is 0 Å². The number of pyridine rings is 1. The Hall–Kier alpha value is -2.80. The van der Waals surface area contributed by atoms with Crippen molar-refractivity contribution >= 4 is 16.8 Å². The number of para-hydroxylation sites is 1. The molecule has 0 aliphatic carbocycles. The molecular formula is C18H18N4O3. The van der Waals surface area contributed by atoms with Gasteiger partial charge in [0.05, 0.1) is 24.2 Å². The molecule has 0 bridgehead atoms. The van der Waals surface area contributed by atoms with Crippen molar-refractivity contribution in [2.75, 3.05) is 19.7 Å². The summed E-state index contributed by atoms with van der Waals surface area (Å²) in [5.41, 5.74) is 2.30. The number of amides is 1. The molecule has 0 N–H and O–H groups in total. The van der Waals surface area contributed by atoms with Gasteiger partial charge in [0.25, 0.3) is 5.91 Å². The summed E-state index contributed by atoms with van der Waals surface area (Å²) in [7, 11) is 0. The summed E-state index contributed by atoms with van der Waals surface area (Å²) in [5, 5.41) is 8.70. The van der Waals surface area contributed by atoms with Gasteiger partial charge in [0.15, 0.2) is 6.10 Å². The Balaban J connectivity index is 1.64. The van der Waals surface area contributed by atoms with Gasteiger partial charge in [-0.3, -0.25) is 9.78 Å². The van der Waals surface area contributed by atoms with Crippen molar-refractivity contribution in [2.45, 2.75) is 20.0 Å². The predicted molar refractivity (Wildman–Crippen MR) is 90.1 cm³/mol. The molecule has 1 aromatic carbocycles. The van der Waals surface area contributed by atoms with Crippen LogP contribution in [0, 0.1) is 13.8 Å². The predicted octanol–water partition coefficient (Wildman–Crippen LogP) is 2.45. The first-order valence-corrected chi connectivity index (χ1v) is 8.19. The number of morpholine rings is 1. The number of aromatic nitrogens is 3. The summed E-state index contributed by atoms with van der Waals surface area (Å²) < 4.78 is 11.2. The maximum atomic E-state index is 13.1. The Labute approximate surface area is 144 Å². The molecular weight excluding hydrogens is 320 g/mol. The van der Waals surface area contributed by atoms with Gasteiger partial charge in [-0.2, -0.15) is 0 Å². The smallest absolute Gasteiger partial charge is 0.254 e. The van der Waals surface area contributed by atoms with E-state index >= 15 is 0 Å². The van der Waals surface area contributed by atoms with Gasteiger partial charge < -0.3 is 14.1 Å². The van der Waals surface area contributed by atoms with Crippen molar-refractivity contribution in [3.05, 3.63) is 53.4 Å². The van der Waals surface area contributed by atoms with Crippen LogP contribution in [0.1, 0.15) is 33.9 Å². The maximum absolute atomic E-state index is 13.1. The summed E-state index contributed by atoms with van der Waals surface area (Å²) in [4.78, 5) is 19.4. The Morgan fingerprint density at radius 2 is 2.08 bits per heavy atom. The van der Waals surface area contributed by atoms with E-state index in [4.69, 9.17) is 9.15 Å². The SMILES string of the molecule is Cc1cc(C(=O)N2CCOC(c3nnc(C)o3)C2)c2ccccc2n1. The third kappa shape index (κ3) is 2.98. The molecule has 1 amide bonds. The highest BCUT2D eigenvalue weighted by atomic mass is 16.5. The number of carbonyl (C=O) groups is 1. The lowest BCUT2D eigenvalue weighted by atomic mass is 10.1. The van der Waals surface area contributed by atoms with Crippen LogP contribution in [-0.2, 0) is 4.74 Å². The third-order valence-electron chi connectivity index (χ3n) is 4.25. The molecule has 128 valence electrons. The molecule has 7 heteroatoms. The average Bonchev–Trinajstić information content (AvgIpc) is 3.07. The number of ether oxygens (including phenoxy) is 1. The Morgan fingerprint density at radius 3 is 2.88 bits per heavy atom. The first-order valence-electron chi connectivity index (χ1n) is 8.19. The van der Waals surface area contributed by atoms with E-state index in [2.05, 4.69) is 15.2 Å². The molecule has 1 unspecified atom stereocenters. The van der Waals surface area contributed by atoms with E-state index in [-0.39, 0.29) is 5.91 Å². The lowest BCUT2D eigenvalue weighted by Gasteiger charge is -2.31. The van der Waals surface area contributed by atoms with E-state index < -0.39 is 6.10 Å². The summed E-state index contributed by atoms with van der Waals surface area (Å²) >= 11 is 0. The second-order valence-corrected chi connectivity index (χ2v) is 6.10. The molecule has 0 saturated carbocycles. The molecule has 3 aromatic rings. The first-order chi connectivity index (χ1) is 12.1. The van der Waals surface area contributed by atoms with Crippen LogP contribution in [0.2, 0.25) is 0 Å². The quantitative estimate of drug-likeness (QED) is 0.714. The fourth-order valence-electron chi connectivity index (χ4n) is 3.08. The molecule has 1 atom stereocenters. The van der Waals surface area contributed by atoms with Crippen molar-refractivity contribution < 1.29 is 13.9 Å². The van der Waals surface area contributed by atoms with Gasteiger partial charge in [0.1, 0.15) is 0 Å². The van der Waals surface area contributed by atoms with Gasteiger partial charge >= 0.3 is 0 Å². The zero-order valence-corrected chi connectivity index (χ0v) is 14.1. The number of hydrogen-bond acceptors (Lipinski definition) is 6. The lowest BCUT2D eigenvalue weighted by molar-refractivity contribution is -0.0348. The minimum Gasteiger partial charge on any atom is -0.423 e. The van der Waals surface area contributed by atoms with Crippen LogP contribution in [0.5, 0.6) is 0 Å². The van der Waals surface area contributed by atoms with E-state index in [9.17, 15) is 4.79 Å². The van der Waals surface area contributed by atoms with Gasteiger partial charge in [0.2, 0.25) is 11.8 Å². The van der Waals surface area contributed by atoms with Crippen molar-refractivity contribution in [3.8, 4) is 0 Å². The van der Waals surface area contributed by atoms with Gasteiger partial charge in [-0.05, 0) is 19.1 Å². The van der Waals surface area contributed by atoms with Crippen molar-refractivity contribution in [1.29, 1.82) is 0 Å². The molecule has 2 aromatic heterocycles. The van der Waals surface area contributed by atoms with Crippen LogP contribution < -0.4 is 0 Å². The molecule has 0 spiro atoms. The van der Waals surface area contributed by atoms with Crippen LogP contribution in [0.25, 0.3) is 10.9 Å². The fourth-order valence-corrected chi connectivity index (χ4v) is 3.08. The summed E-state index contributed by atoms with van der Waals surface area (Å²) in [6, 6.07) is 9.52. The Bertz CT molecular complexity index is 937. The normalized spacial score (nSPS) is 17.8. The Kier molecular flexibility index (Phi) is 3.93. The standard InChI is InChI=1S/C18H18N4O3/c1-11-9-14(13-5-3-4-6-15(13)19-11)18(23)22-7-8-24-16(10-22)17-21-20-12(2)25-17/h3-6,9,16H,7-8,10H2,1-2H3. The van der Waals surface area contributed by atoms with Crippen molar-refractivity contribution in [2.24, 2.45) is 0 Å². The molecule has 0 radical (unpaired) electrons. The first kappa shape index (κ1) is 15.7. The lowest BCUT2D eigenvalue weighted by Crippen LogP contribution is -2.42. The van der Waals surface area contributed by atoms with Gasteiger partial charge in [-0.25, -0.2) is 0 Å². The van der Waals surface area contributed by atoms with E-state index in [0.717, 1.165) is 16.6 Å². The number of aryl methyl sites for hydroxylation is 2. The van der Waals surface area contributed by atoms with E-state index in [1.807, 2.05) is 37.3 Å². The number of benzene rings is 1. The zero-order valence-electron chi connectivity index (χ0n) is 14.1. The number of hydrogen-bond donors (Lipinski definition) is 0. The summed E-state index contributed by atoms with van der Waals surface area (Å²) in [5.74, 6) is 0.856. The monoisotopic (exact) mass is 338 g/mol. The van der Waals surface area contributed by atoms with Crippen LogP contribution in [-0.4, -0.2) is 45.7 Å². The number of fused-ring (bicyclic) bond motifs is 1. The third-order valence-corrected chi connectivity index (χ3v) is 4.25. The van der Waals surface area contributed by atoms with E-state index in [1.54, 1.807) is 11.8 Å². The van der Waals surface area contributed by atoms with E-state index in [0.29, 0.717) is 37.0 Å².